The average molecular weight is 269 g/mol. The van der Waals surface area contributed by atoms with E-state index in [0.717, 1.165) is 30.1 Å². The van der Waals surface area contributed by atoms with Gasteiger partial charge in [0, 0.05) is 23.2 Å². The number of hydrogen-bond donors (Lipinski definition) is 2. The Hall–Kier alpha value is -1.61. The zero-order valence-electron chi connectivity index (χ0n) is 12.6. The molecule has 0 amide bonds. The number of nitrogens with one attached hydrogen (secondary N) is 1. The fraction of sp³-hybridized carbons (Fsp3) is 0.471. The molecule has 3 N–H and O–H groups in total. The maximum absolute atomic E-state index is 5.99. The van der Waals surface area contributed by atoms with Crippen molar-refractivity contribution in [2.75, 3.05) is 6.54 Å². The summed E-state index contributed by atoms with van der Waals surface area (Å²) in [7, 11) is 0. The molecule has 1 saturated carbocycles. The first-order valence-corrected chi connectivity index (χ1v) is 7.40. The van der Waals surface area contributed by atoms with E-state index in [1.807, 2.05) is 0 Å². The lowest BCUT2D eigenvalue weighted by atomic mass is 9.68. The van der Waals surface area contributed by atoms with E-state index >= 15 is 0 Å². The molecule has 1 aliphatic carbocycles. The summed E-state index contributed by atoms with van der Waals surface area (Å²) in [6.45, 7) is 7.07. The van der Waals surface area contributed by atoms with Crippen molar-refractivity contribution in [1.29, 1.82) is 0 Å². The lowest BCUT2D eigenvalue weighted by Crippen LogP contribution is -2.42. The first kappa shape index (κ1) is 13.4. The maximum Gasteiger partial charge on any atom is 0.114 e. The van der Waals surface area contributed by atoms with Crippen LogP contribution in [0.4, 0.5) is 0 Å². The molecule has 1 heterocycles. The molecule has 3 nitrogen and oxygen atoms in total. The highest BCUT2D eigenvalue weighted by atomic mass is 15.0. The summed E-state index contributed by atoms with van der Waals surface area (Å²) in [5.41, 5.74) is 12.1. The fourth-order valence-corrected chi connectivity index (χ4v) is 3.19. The number of H-pyrrole nitrogens is 1. The summed E-state index contributed by atoms with van der Waals surface area (Å²) in [5, 5.41) is 0. The molecular weight excluding hydrogens is 246 g/mol. The fourth-order valence-electron chi connectivity index (χ4n) is 3.19. The second kappa shape index (κ2) is 4.74. The van der Waals surface area contributed by atoms with Crippen LogP contribution in [-0.2, 0) is 5.41 Å². The Morgan fingerprint density at radius 2 is 2.00 bits per heavy atom. The monoisotopic (exact) mass is 269 g/mol. The van der Waals surface area contributed by atoms with Crippen molar-refractivity contribution in [3.63, 3.8) is 0 Å². The summed E-state index contributed by atoms with van der Waals surface area (Å²) in [5.74, 6) is 1.08. The molecule has 0 bridgehead atoms. The van der Waals surface area contributed by atoms with Crippen LogP contribution in [0.3, 0.4) is 0 Å². The summed E-state index contributed by atoms with van der Waals surface area (Å²) < 4.78 is 0. The molecule has 1 fully saturated rings. The number of aryl methyl sites for hydroxylation is 3. The lowest BCUT2D eigenvalue weighted by molar-refractivity contribution is 0.239. The van der Waals surface area contributed by atoms with Gasteiger partial charge in [-0.3, -0.25) is 0 Å². The Balaban J connectivity index is 2.05. The van der Waals surface area contributed by atoms with Crippen LogP contribution in [0.1, 0.15) is 41.9 Å². The predicted molar refractivity (Wildman–Crippen MR) is 82.8 cm³/mol. The first-order chi connectivity index (χ1) is 9.55. The van der Waals surface area contributed by atoms with Crippen LogP contribution in [0.2, 0.25) is 0 Å². The van der Waals surface area contributed by atoms with Crippen molar-refractivity contribution in [3.05, 3.63) is 40.8 Å². The average Bonchev–Trinajstić information content (AvgIpc) is 2.71. The third-order valence-corrected chi connectivity index (χ3v) is 4.73. The third-order valence-electron chi connectivity index (χ3n) is 4.73. The molecule has 0 saturated heterocycles. The molecule has 3 rings (SSSR count). The molecule has 0 unspecified atom stereocenters. The smallest absolute Gasteiger partial charge is 0.114 e. The topological polar surface area (TPSA) is 54.7 Å². The van der Waals surface area contributed by atoms with E-state index in [2.05, 4.69) is 44.0 Å². The van der Waals surface area contributed by atoms with E-state index < -0.39 is 0 Å². The molecule has 0 atom stereocenters. The van der Waals surface area contributed by atoms with E-state index in [9.17, 15) is 0 Å². The van der Waals surface area contributed by atoms with Crippen molar-refractivity contribution >= 4 is 0 Å². The van der Waals surface area contributed by atoms with Crippen molar-refractivity contribution in [3.8, 4) is 11.3 Å². The van der Waals surface area contributed by atoms with Gasteiger partial charge in [-0.05, 0) is 39.2 Å². The SMILES string of the molecule is Cc1ccc(-c2nc(C3(CN)CCC3)[nH]c2C)c(C)c1. The third kappa shape index (κ3) is 1.97. The van der Waals surface area contributed by atoms with E-state index in [1.54, 1.807) is 0 Å². The zero-order chi connectivity index (χ0) is 14.3. The summed E-state index contributed by atoms with van der Waals surface area (Å²) in [4.78, 5) is 8.39. The number of aromatic nitrogens is 2. The quantitative estimate of drug-likeness (QED) is 0.897. The second-order valence-corrected chi connectivity index (χ2v) is 6.22. The Bertz CT molecular complexity index is 630. The van der Waals surface area contributed by atoms with E-state index in [1.165, 1.54) is 23.1 Å². The van der Waals surface area contributed by atoms with Gasteiger partial charge in [-0.15, -0.1) is 0 Å². The number of imidazole rings is 1. The van der Waals surface area contributed by atoms with E-state index in [-0.39, 0.29) is 5.41 Å². The highest BCUT2D eigenvalue weighted by Gasteiger charge is 2.40. The van der Waals surface area contributed by atoms with Crippen LogP contribution in [0.5, 0.6) is 0 Å². The Labute approximate surface area is 120 Å². The molecule has 20 heavy (non-hydrogen) atoms. The van der Waals surface area contributed by atoms with Gasteiger partial charge in [0.1, 0.15) is 5.82 Å². The molecule has 3 heteroatoms. The van der Waals surface area contributed by atoms with Gasteiger partial charge in [-0.2, -0.15) is 0 Å². The van der Waals surface area contributed by atoms with Crippen LogP contribution in [0.25, 0.3) is 11.3 Å². The zero-order valence-corrected chi connectivity index (χ0v) is 12.6. The number of rotatable bonds is 3. The first-order valence-electron chi connectivity index (χ1n) is 7.40. The van der Waals surface area contributed by atoms with Gasteiger partial charge in [0.2, 0.25) is 0 Å². The van der Waals surface area contributed by atoms with Gasteiger partial charge in [0.15, 0.2) is 0 Å². The number of nitrogens with zero attached hydrogens (tertiary/aromatic N) is 1. The molecule has 106 valence electrons. The molecule has 1 aliphatic rings. The highest BCUT2D eigenvalue weighted by Crippen LogP contribution is 2.42. The van der Waals surface area contributed by atoms with Crippen LogP contribution < -0.4 is 5.73 Å². The van der Waals surface area contributed by atoms with Crippen molar-refractivity contribution in [2.24, 2.45) is 5.73 Å². The van der Waals surface area contributed by atoms with Gasteiger partial charge in [0.25, 0.3) is 0 Å². The number of hydrogen-bond acceptors (Lipinski definition) is 2. The Kier molecular flexibility index (Phi) is 3.17. The number of nitrogens with two attached hydrogens (primary N) is 1. The van der Waals surface area contributed by atoms with Crippen LogP contribution in [0, 0.1) is 20.8 Å². The minimum absolute atomic E-state index is 0.0988. The molecule has 1 aromatic carbocycles. The largest absolute Gasteiger partial charge is 0.345 e. The standard InChI is InChI=1S/C17H23N3/c1-11-5-6-14(12(2)9-11)15-13(3)19-16(20-15)17(10-18)7-4-8-17/h5-6,9H,4,7-8,10,18H2,1-3H3,(H,19,20). The summed E-state index contributed by atoms with van der Waals surface area (Å²) in [6.07, 6.45) is 3.57. The number of benzene rings is 1. The molecule has 1 aromatic heterocycles. The minimum Gasteiger partial charge on any atom is -0.345 e. The maximum atomic E-state index is 5.99. The highest BCUT2D eigenvalue weighted by molar-refractivity contribution is 5.66. The molecule has 0 spiro atoms. The van der Waals surface area contributed by atoms with E-state index in [4.69, 9.17) is 10.7 Å². The van der Waals surface area contributed by atoms with Gasteiger partial charge in [-0.1, -0.05) is 30.2 Å². The lowest BCUT2D eigenvalue weighted by Gasteiger charge is -2.39. The van der Waals surface area contributed by atoms with Gasteiger partial charge >= 0.3 is 0 Å². The normalized spacial score (nSPS) is 17.0. The minimum atomic E-state index is 0.0988. The van der Waals surface area contributed by atoms with E-state index in [0.29, 0.717) is 6.54 Å². The molecular formula is C17H23N3. The molecule has 2 aromatic rings. The van der Waals surface area contributed by atoms with Crippen molar-refractivity contribution in [1.82, 2.24) is 9.97 Å². The van der Waals surface area contributed by atoms with Gasteiger partial charge in [-0.25, -0.2) is 4.98 Å². The van der Waals surface area contributed by atoms with Crippen LogP contribution >= 0.6 is 0 Å². The molecule has 0 aliphatic heterocycles. The Morgan fingerprint density at radius 1 is 1.25 bits per heavy atom. The summed E-state index contributed by atoms with van der Waals surface area (Å²) >= 11 is 0. The Morgan fingerprint density at radius 3 is 2.55 bits per heavy atom. The van der Waals surface area contributed by atoms with Crippen LogP contribution in [-0.4, -0.2) is 16.5 Å². The van der Waals surface area contributed by atoms with Crippen LogP contribution in [0.15, 0.2) is 18.2 Å². The summed E-state index contributed by atoms with van der Waals surface area (Å²) in [6, 6.07) is 6.54. The second-order valence-electron chi connectivity index (χ2n) is 6.22. The molecule has 0 radical (unpaired) electrons. The number of aromatic amines is 1. The predicted octanol–water partition coefficient (Wildman–Crippen LogP) is 3.38. The van der Waals surface area contributed by atoms with Crippen molar-refractivity contribution in [2.45, 2.75) is 45.4 Å². The van der Waals surface area contributed by atoms with Gasteiger partial charge in [0.05, 0.1) is 5.69 Å². The van der Waals surface area contributed by atoms with Crippen molar-refractivity contribution < 1.29 is 0 Å². The van der Waals surface area contributed by atoms with Gasteiger partial charge < -0.3 is 10.7 Å².